The Hall–Kier alpha value is -0.390. The van der Waals surface area contributed by atoms with Gasteiger partial charge >= 0.3 is 6.18 Å². The van der Waals surface area contributed by atoms with Crippen molar-refractivity contribution in [1.82, 2.24) is 0 Å². The highest BCUT2D eigenvalue weighted by molar-refractivity contribution is 5.15. The molecule has 0 aromatic carbocycles. The molecule has 3 unspecified atom stereocenters. The fourth-order valence-corrected chi connectivity index (χ4v) is 2.69. The Morgan fingerprint density at radius 1 is 1.07 bits per heavy atom. The number of aliphatic hydroxyl groups is 1. The summed E-state index contributed by atoms with van der Waals surface area (Å²) in [6.07, 6.45) is -5.34. The van der Waals surface area contributed by atoms with E-state index in [1.54, 1.807) is 0 Å². The van der Waals surface area contributed by atoms with Crippen LogP contribution in [0.15, 0.2) is 0 Å². The van der Waals surface area contributed by atoms with Crippen molar-refractivity contribution in [3.05, 3.63) is 0 Å². The standard InChI is InChI=1S/C8H9F5O/c9-7(10)5-2-1-4(3-5)6(7,14)8(11,12)13/h4-5,14H,1-3H2. The maximum atomic E-state index is 13.2. The Labute approximate surface area is 76.9 Å². The first-order valence-electron chi connectivity index (χ1n) is 4.38. The van der Waals surface area contributed by atoms with Crippen LogP contribution in [0, 0.1) is 11.8 Å². The summed E-state index contributed by atoms with van der Waals surface area (Å²) in [6.45, 7) is 0. The second-order valence-electron chi connectivity index (χ2n) is 4.09. The van der Waals surface area contributed by atoms with Crippen molar-refractivity contribution in [2.75, 3.05) is 0 Å². The van der Waals surface area contributed by atoms with Crippen LogP contribution in [-0.2, 0) is 0 Å². The van der Waals surface area contributed by atoms with Crippen LogP contribution in [0.5, 0.6) is 0 Å². The Bertz CT molecular complexity index is 261. The maximum absolute atomic E-state index is 13.2. The summed E-state index contributed by atoms with van der Waals surface area (Å²) in [5.41, 5.74) is -3.79. The number of hydrogen-bond donors (Lipinski definition) is 1. The molecule has 6 heteroatoms. The largest absolute Gasteiger partial charge is 0.423 e. The van der Waals surface area contributed by atoms with E-state index in [4.69, 9.17) is 0 Å². The molecule has 1 N–H and O–H groups in total. The van der Waals surface area contributed by atoms with Crippen LogP contribution in [-0.4, -0.2) is 22.8 Å². The van der Waals surface area contributed by atoms with E-state index in [1.807, 2.05) is 0 Å². The van der Waals surface area contributed by atoms with Crippen molar-refractivity contribution in [2.45, 2.75) is 37.0 Å². The van der Waals surface area contributed by atoms with Crippen molar-refractivity contribution < 1.29 is 27.1 Å². The summed E-state index contributed by atoms with van der Waals surface area (Å²) in [5.74, 6) is -6.66. The van der Waals surface area contributed by atoms with E-state index in [0.717, 1.165) is 0 Å². The van der Waals surface area contributed by atoms with Gasteiger partial charge in [-0.1, -0.05) is 0 Å². The van der Waals surface area contributed by atoms with Crippen molar-refractivity contribution in [2.24, 2.45) is 11.8 Å². The van der Waals surface area contributed by atoms with Gasteiger partial charge in [0, 0.05) is 11.8 Å². The van der Waals surface area contributed by atoms with Gasteiger partial charge in [-0.05, 0) is 19.3 Å². The molecule has 3 atom stereocenters. The predicted octanol–water partition coefficient (Wildman–Crippen LogP) is 2.34. The van der Waals surface area contributed by atoms with Gasteiger partial charge in [-0.25, -0.2) is 8.78 Å². The number of alkyl halides is 5. The molecule has 2 aliphatic rings. The average Bonchev–Trinajstić information content (AvgIpc) is 2.52. The first-order valence-corrected chi connectivity index (χ1v) is 4.38. The van der Waals surface area contributed by atoms with E-state index in [1.165, 1.54) is 0 Å². The maximum Gasteiger partial charge on any atom is 0.423 e. The van der Waals surface area contributed by atoms with Crippen LogP contribution in [0.4, 0.5) is 22.0 Å². The minimum atomic E-state index is -5.24. The van der Waals surface area contributed by atoms with Gasteiger partial charge in [-0.2, -0.15) is 13.2 Å². The van der Waals surface area contributed by atoms with Crippen LogP contribution in [0.25, 0.3) is 0 Å². The molecule has 14 heavy (non-hydrogen) atoms. The van der Waals surface area contributed by atoms with E-state index >= 15 is 0 Å². The third-order valence-electron chi connectivity index (χ3n) is 3.48. The number of halogens is 5. The summed E-state index contributed by atoms with van der Waals surface area (Å²) in [7, 11) is 0. The molecular weight excluding hydrogens is 207 g/mol. The van der Waals surface area contributed by atoms with E-state index in [9.17, 15) is 27.1 Å². The van der Waals surface area contributed by atoms with Gasteiger partial charge in [0.1, 0.15) is 0 Å². The lowest BCUT2D eigenvalue weighted by atomic mass is 9.80. The monoisotopic (exact) mass is 216 g/mol. The molecule has 0 spiro atoms. The summed E-state index contributed by atoms with van der Waals surface area (Å²) < 4.78 is 63.5. The first kappa shape index (κ1) is 10.1. The zero-order chi connectivity index (χ0) is 10.8. The highest BCUT2D eigenvalue weighted by Gasteiger charge is 2.80. The third-order valence-corrected chi connectivity index (χ3v) is 3.48. The van der Waals surface area contributed by atoms with E-state index in [-0.39, 0.29) is 19.3 Å². The molecule has 0 amide bonds. The average molecular weight is 216 g/mol. The topological polar surface area (TPSA) is 20.2 Å². The smallest absolute Gasteiger partial charge is 0.376 e. The second kappa shape index (κ2) is 2.40. The third kappa shape index (κ3) is 0.877. The van der Waals surface area contributed by atoms with Crippen molar-refractivity contribution >= 4 is 0 Å². The zero-order valence-electron chi connectivity index (χ0n) is 7.11. The molecule has 2 fully saturated rings. The van der Waals surface area contributed by atoms with Crippen LogP contribution < -0.4 is 0 Å². The molecule has 2 aliphatic carbocycles. The highest BCUT2D eigenvalue weighted by Crippen LogP contribution is 2.64. The van der Waals surface area contributed by atoms with Crippen LogP contribution in [0.2, 0.25) is 0 Å². The number of hydrogen-bond acceptors (Lipinski definition) is 1. The summed E-state index contributed by atoms with van der Waals surface area (Å²) >= 11 is 0. The molecule has 0 heterocycles. The fraction of sp³-hybridized carbons (Fsp3) is 1.00. The Morgan fingerprint density at radius 2 is 1.57 bits per heavy atom. The van der Waals surface area contributed by atoms with E-state index in [2.05, 4.69) is 0 Å². The molecule has 0 aromatic rings. The molecule has 1 nitrogen and oxygen atoms in total. The molecule has 2 saturated carbocycles. The lowest BCUT2D eigenvalue weighted by Crippen LogP contribution is -2.62. The lowest BCUT2D eigenvalue weighted by molar-refractivity contribution is -0.346. The lowest BCUT2D eigenvalue weighted by Gasteiger charge is -2.40. The second-order valence-corrected chi connectivity index (χ2v) is 4.09. The Balaban J connectivity index is 2.44. The van der Waals surface area contributed by atoms with Gasteiger partial charge in [-0.3, -0.25) is 0 Å². The highest BCUT2D eigenvalue weighted by atomic mass is 19.4. The fourth-order valence-electron chi connectivity index (χ4n) is 2.69. The van der Waals surface area contributed by atoms with Gasteiger partial charge in [-0.15, -0.1) is 0 Å². The molecule has 2 rings (SSSR count). The summed E-state index contributed by atoms with van der Waals surface area (Å²) in [6, 6.07) is 0. The molecule has 0 aromatic heterocycles. The molecule has 0 aliphatic heterocycles. The summed E-state index contributed by atoms with van der Waals surface area (Å²) in [5, 5.41) is 9.17. The Morgan fingerprint density at radius 3 is 1.86 bits per heavy atom. The number of fused-ring (bicyclic) bond motifs is 2. The summed E-state index contributed by atoms with van der Waals surface area (Å²) in [4.78, 5) is 0. The van der Waals surface area contributed by atoms with Crippen LogP contribution in [0.1, 0.15) is 19.3 Å². The van der Waals surface area contributed by atoms with Crippen molar-refractivity contribution in [3.63, 3.8) is 0 Å². The Kier molecular flexibility index (Phi) is 1.74. The quantitative estimate of drug-likeness (QED) is 0.616. The molecule has 0 saturated heterocycles. The zero-order valence-corrected chi connectivity index (χ0v) is 7.11. The molecule has 82 valence electrons. The van der Waals surface area contributed by atoms with Gasteiger partial charge in [0.15, 0.2) is 0 Å². The minimum absolute atomic E-state index is 0.0380. The van der Waals surface area contributed by atoms with Gasteiger partial charge in [0.2, 0.25) is 5.60 Å². The first-order chi connectivity index (χ1) is 6.21. The molecule has 0 radical (unpaired) electrons. The minimum Gasteiger partial charge on any atom is -0.376 e. The molecule has 2 bridgehead atoms. The van der Waals surface area contributed by atoms with Crippen molar-refractivity contribution in [1.29, 1.82) is 0 Å². The van der Waals surface area contributed by atoms with E-state index < -0.39 is 29.5 Å². The SMILES string of the molecule is OC1(C(F)(F)F)C2CCC(C2)C1(F)F. The molecular formula is C8H9F5O. The van der Waals surface area contributed by atoms with Gasteiger partial charge < -0.3 is 5.11 Å². The number of rotatable bonds is 0. The van der Waals surface area contributed by atoms with Gasteiger partial charge in [0.05, 0.1) is 0 Å². The van der Waals surface area contributed by atoms with Crippen molar-refractivity contribution in [3.8, 4) is 0 Å². The van der Waals surface area contributed by atoms with E-state index in [0.29, 0.717) is 0 Å². The van der Waals surface area contributed by atoms with Crippen LogP contribution >= 0.6 is 0 Å². The predicted molar refractivity (Wildman–Crippen MR) is 36.8 cm³/mol. The van der Waals surface area contributed by atoms with Crippen LogP contribution in [0.3, 0.4) is 0 Å². The van der Waals surface area contributed by atoms with Gasteiger partial charge in [0.25, 0.3) is 5.92 Å². The normalized spacial score (nSPS) is 45.9.